The van der Waals surface area contributed by atoms with Gasteiger partial charge in [0.05, 0.1) is 5.56 Å². The third-order valence-electron chi connectivity index (χ3n) is 3.91. The van der Waals surface area contributed by atoms with Crippen LogP contribution in [0, 0.1) is 6.92 Å². The third kappa shape index (κ3) is 4.92. The molecule has 0 aliphatic heterocycles. The maximum absolute atomic E-state index is 12.7. The molecule has 2 N–H and O–H groups in total. The summed E-state index contributed by atoms with van der Waals surface area (Å²) in [6, 6.07) is 13.1. The van der Waals surface area contributed by atoms with E-state index in [0.717, 1.165) is 5.56 Å². The van der Waals surface area contributed by atoms with Gasteiger partial charge in [0.1, 0.15) is 6.54 Å². The van der Waals surface area contributed by atoms with Crippen molar-refractivity contribution in [3.05, 3.63) is 65.2 Å². The molecule has 26 heavy (non-hydrogen) atoms. The molecule has 0 saturated heterocycles. The molecular weight excluding hydrogens is 332 g/mol. The van der Waals surface area contributed by atoms with Crippen molar-refractivity contribution in [3.8, 4) is 0 Å². The van der Waals surface area contributed by atoms with Crippen molar-refractivity contribution in [2.45, 2.75) is 20.3 Å². The van der Waals surface area contributed by atoms with Gasteiger partial charge in [-0.2, -0.15) is 0 Å². The zero-order valence-corrected chi connectivity index (χ0v) is 14.9. The summed E-state index contributed by atoms with van der Waals surface area (Å²) in [7, 11) is 0. The summed E-state index contributed by atoms with van der Waals surface area (Å²) in [5, 5.41) is 11.8. The first-order valence-electron chi connectivity index (χ1n) is 8.40. The number of nitrogens with zero attached hydrogens (tertiary/aromatic N) is 1. The molecule has 0 aliphatic carbocycles. The molecule has 2 amide bonds. The maximum atomic E-state index is 12.7. The summed E-state index contributed by atoms with van der Waals surface area (Å²) < 4.78 is 0. The fraction of sp³-hybridized carbons (Fsp3) is 0.250. The minimum atomic E-state index is -1.05. The van der Waals surface area contributed by atoms with E-state index in [4.69, 9.17) is 5.11 Å². The largest absolute Gasteiger partial charge is 0.478 e. The van der Waals surface area contributed by atoms with Crippen molar-refractivity contribution in [1.29, 1.82) is 0 Å². The highest BCUT2D eigenvalue weighted by molar-refractivity contribution is 6.00. The number of carboxylic acids is 1. The Kier molecular flexibility index (Phi) is 6.49. The lowest BCUT2D eigenvalue weighted by molar-refractivity contribution is -0.116. The van der Waals surface area contributed by atoms with Crippen LogP contribution < -0.4 is 5.32 Å². The van der Waals surface area contributed by atoms with Crippen LogP contribution in [0.3, 0.4) is 0 Å². The van der Waals surface area contributed by atoms with Gasteiger partial charge in [0, 0.05) is 17.8 Å². The van der Waals surface area contributed by atoms with Crippen LogP contribution >= 0.6 is 0 Å². The molecule has 0 radical (unpaired) electrons. The molecule has 136 valence electrons. The number of amides is 2. The number of carboxylic acid groups (broad SMARTS) is 1. The number of rotatable bonds is 7. The normalized spacial score (nSPS) is 10.2. The number of para-hydroxylation sites is 1. The highest BCUT2D eigenvalue weighted by Gasteiger charge is 2.19. The Bertz CT molecular complexity index is 800. The summed E-state index contributed by atoms with van der Waals surface area (Å²) in [4.78, 5) is 37.4. The monoisotopic (exact) mass is 354 g/mol. The maximum Gasteiger partial charge on any atom is 0.335 e. The molecule has 2 rings (SSSR count). The van der Waals surface area contributed by atoms with Gasteiger partial charge in [0.25, 0.3) is 5.91 Å². The first-order valence-corrected chi connectivity index (χ1v) is 8.40. The summed E-state index contributed by atoms with van der Waals surface area (Å²) in [6.45, 7) is 4.18. The van der Waals surface area contributed by atoms with Gasteiger partial charge in [-0.15, -0.1) is 0 Å². The fourth-order valence-corrected chi connectivity index (χ4v) is 2.54. The van der Waals surface area contributed by atoms with Gasteiger partial charge in [0.2, 0.25) is 5.91 Å². The summed E-state index contributed by atoms with van der Waals surface area (Å²) in [5.41, 5.74) is 2.12. The van der Waals surface area contributed by atoms with E-state index in [-0.39, 0.29) is 23.9 Å². The highest BCUT2D eigenvalue weighted by Crippen LogP contribution is 2.14. The van der Waals surface area contributed by atoms with Gasteiger partial charge in [0.15, 0.2) is 0 Å². The molecule has 6 nitrogen and oxygen atoms in total. The SMILES string of the molecule is CCCN(CC(=O)Nc1ccccc1C)C(=O)c1ccc(C(=O)O)cc1. The standard InChI is InChI=1S/C20H22N2O4/c1-3-12-22(13-18(23)21-17-7-5-4-6-14(17)2)19(24)15-8-10-16(11-9-15)20(25)26/h4-11H,3,12-13H2,1-2H3,(H,21,23)(H,25,26). The minimum absolute atomic E-state index is 0.0678. The molecule has 6 heteroatoms. The van der Waals surface area contributed by atoms with Crippen molar-refractivity contribution >= 4 is 23.5 Å². The number of benzene rings is 2. The number of aromatic carboxylic acids is 1. The molecule has 0 bridgehead atoms. The Morgan fingerprint density at radius 2 is 1.62 bits per heavy atom. The molecule has 0 aliphatic rings. The average molecular weight is 354 g/mol. The lowest BCUT2D eigenvalue weighted by atomic mass is 10.1. The van der Waals surface area contributed by atoms with E-state index in [1.165, 1.54) is 29.2 Å². The van der Waals surface area contributed by atoms with Crippen molar-refractivity contribution in [2.24, 2.45) is 0 Å². The zero-order valence-electron chi connectivity index (χ0n) is 14.9. The Balaban J connectivity index is 2.09. The second-order valence-corrected chi connectivity index (χ2v) is 5.97. The first-order chi connectivity index (χ1) is 12.4. The van der Waals surface area contributed by atoms with Gasteiger partial charge in [-0.1, -0.05) is 25.1 Å². The highest BCUT2D eigenvalue weighted by atomic mass is 16.4. The fourth-order valence-electron chi connectivity index (χ4n) is 2.54. The summed E-state index contributed by atoms with van der Waals surface area (Å²) in [5.74, 6) is -1.63. The van der Waals surface area contributed by atoms with Crippen LogP contribution in [0.25, 0.3) is 0 Å². The molecule has 0 heterocycles. The van der Waals surface area contributed by atoms with Crippen LogP contribution in [-0.4, -0.2) is 40.9 Å². The van der Waals surface area contributed by atoms with Crippen LogP contribution in [0.1, 0.15) is 39.6 Å². The van der Waals surface area contributed by atoms with Gasteiger partial charge in [-0.05, 0) is 49.2 Å². The predicted molar refractivity (Wildman–Crippen MR) is 99.4 cm³/mol. The van der Waals surface area contributed by atoms with Gasteiger partial charge >= 0.3 is 5.97 Å². The summed E-state index contributed by atoms with van der Waals surface area (Å²) >= 11 is 0. The van der Waals surface area contributed by atoms with Crippen molar-refractivity contribution in [3.63, 3.8) is 0 Å². The van der Waals surface area contributed by atoms with Crippen molar-refractivity contribution in [1.82, 2.24) is 4.90 Å². The molecule has 0 saturated carbocycles. The summed E-state index contributed by atoms with van der Waals surface area (Å²) in [6.07, 6.45) is 0.705. The van der Waals surface area contributed by atoms with Crippen LogP contribution in [0.5, 0.6) is 0 Å². The van der Waals surface area contributed by atoms with Gasteiger partial charge < -0.3 is 15.3 Å². The number of hydrogen-bond donors (Lipinski definition) is 2. The molecule has 2 aromatic rings. The number of carbonyl (C=O) groups excluding carboxylic acids is 2. The van der Waals surface area contributed by atoms with E-state index in [9.17, 15) is 14.4 Å². The number of hydrogen-bond acceptors (Lipinski definition) is 3. The number of nitrogens with one attached hydrogen (secondary N) is 1. The molecular formula is C20H22N2O4. The topological polar surface area (TPSA) is 86.7 Å². The minimum Gasteiger partial charge on any atom is -0.478 e. The van der Waals surface area contributed by atoms with E-state index in [2.05, 4.69) is 5.32 Å². The lowest BCUT2D eigenvalue weighted by Gasteiger charge is -2.22. The predicted octanol–water partition coefficient (Wildman–Crippen LogP) is 3.18. The zero-order chi connectivity index (χ0) is 19.1. The molecule has 0 aromatic heterocycles. The van der Waals surface area contributed by atoms with Crippen LogP contribution in [0.2, 0.25) is 0 Å². The van der Waals surface area contributed by atoms with Crippen molar-refractivity contribution < 1.29 is 19.5 Å². The molecule has 2 aromatic carbocycles. The van der Waals surface area contributed by atoms with Crippen molar-refractivity contribution in [2.75, 3.05) is 18.4 Å². The van der Waals surface area contributed by atoms with Crippen LogP contribution in [0.15, 0.2) is 48.5 Å². The Labute approximate surface area is 152 Å². The Morgan fingerprint density at radius 1 is 1.00 bits per heavy atom. The third-order valence-corrected chi connectivity index (χ3v) is 3.91. The lowest BCUT2D eigenvalue weighted by Crippen LogP contribution is -2.38. The van der Waals surface area contributed by atoms with E-state index in [0.29, 0.717) is 24.2 Å². The van der Waals surface area contributed by atoms with E-state index >= 15 is 0 Å². The Hall–Kier alpha value is -3.15. The van der Waals surface area contributed by atoms with Gasteiger partial charge in [-0.3, -0.25) is 9.59 Å². The van der Waals surface area contributed by atoms with Gasteiger partial charge in [-0.25, -0.2) is 4.79 Å². The van der Waals surface area contributed by atoms with Crippen LogP contribution in [-0.2, 0) is 4.79 Å². The Morgan fingerprint density at radius 3 is 2.19 bits per heavy atom. The molecule has 0 spiro atoms. The van der Waals surface area contributed by atoms with E-state index in [1.54, 1.807) is 0 Å². The molecule has 0 atom stereocenters. The van der Waals surface area contributed by atoms with E-state index in [1.807, 2.05) is 38.1 Å². The average Bonchev–Trinajstić information content (AvgIpc) is 2.63. The van der Waals surface area contributed by atoms with E-state index < -0.39 is 5.97 Å². The quantitative estimate of drug-likeness (QED) is 0.799. The number of carbonyl (C=O) groups is 3. The first kappa shape index (κ1) is 19.2. The second kappa shape index (κ2) is 8.80. The number of anilines is 1. The van der Waals surface area contributed by atoms with Crippen LogP contribution in [0.4, 0.5) is 5.69 Å². The second-order valence-electron chi connectivity index (χ2n) is 5.97. The smallest absolute Gasteiger partial charge is 0.335 e. The molecule has 0 fully saturated rings. The number of aryl methyl sites for hydroxylation is 1. The molecule has 0 unspecified atom stereocenters.